The van der Waals surface area contributed by atoms with Crippen molar-refractivity contribution in [1.29, 1.82) is 0 Å². The van der Waals surface area contributed by atoms with Gasteiger partial charge in [0.05, 0.1) is 11.8 Å². The number of carbonyl (C=O) groups excluding carboxylic acids is 1. The molecule has 6 heteroatoms. The van der Waals surface area contributed by atoms with Crippen LogP contribution in [0.1, 0.15) is 13.8 Å². The SMILES string of the molecule is CNC(=O)CN(C)S(=O)(=O)C(C)C. The first kappa shape index (κ1) is 12.4. The van der Waals surface area contributed by atoms with Crippen molar-refractivity contribution in [2.45, 2.75) is 19.1 Å². The molecule has 0 aromatic heterocycles. The zero-order valence-corrected chi connectivity index (χ0v) is 9.18. The van der Waals surface area contributed by atoms with Crippen LogP contribution in [0.3, 0.4) is 0 Å². The Labute approximate surface area is 79.2 Å². The Balaban J connectivity index is 4.44. The lowest BCUT2D eigenvalue weighted by molar-refractivity contribution is -0.120. The highest BCUT2D eigenvalue weighted by atomic mass is 32.2. The molecule has 78 valence electrons. The number of carbonyl (C=O) groups is 1. The summed E-state index contributed by atoms with van der Waals surface area (Å²) < 4.78 is 23.9. The van der Waals surface area contributed by atoms with Crippen molar-refractivity contribution in [3.8, 4) is 0 Å². The van der Waals surface area contributed by atoms with Crippen LogP contribution in [0.15, 0.2) is 0 Å². The first-order chi connectivity index (χ1) is 5.82. The molecule has 0 radical (unpaired) electrons. The predicted molar refractivity (Wildman–Crippen MR) is 50.8 cm³/mol. The van der Waals surface area contributed by atoms with Gasteiger partial charge in [0.2, 0.25) is 15.9 Å². The van der Waals surface area contributed by atoms with Gasteiger partial charge in [-0.1, -0.05) is 0 Å². The molecule has 0 saturated heterocycles. The van der Waals surface area contributed by atoms with Gasteiger partial charge in [0, 0.05) is 14.1 Å². The smallest absolute Gasteiger partial charge is 0.235 e. The minimum atomic E-state index is -3.31. The van der Waals surface area contributed by atoms with Crippen molar-refractivity contribution >= 4 is 15.9 Å². The minimum Gasteiger partial charge on any atom is -0.358 e. The molecular weight excluding hydrogens is 192 g/mol. The zero-order chi connectivity index (χ0) is 10.6. The minimum absolute atomic E-state index is 0.128. The average molecular weight is 208 g/mol. The largest absolute Gasteiger partial charge is 0.358 e. The van der Waals surface area contributed by atoms with Gasteiger partial charge < -0.3 is 5.32 Å². The summed E-state index contributed by atoms with van der Waals surface area (Å²) in [5, 5.41) is 1.86. The summed E-state index contributed by atoms with van der Waals surface area (Å²) in [7, 11) is -0.446. The van der Waals surface area contributed by atoms with Crippen molar-refractivity contribution in [2.75, 3.05) is 20.6 Å². The molecule has 0 saturated carbocycles. The second kappa shape index (κ2) is 4.57. The van der Waals surface area contributed by atoms with Crippen molar-refractivity contribution < 1.29 is 13.2 Å². The molecule has 0 aromatic carbocycles. The Morgan fingerprint density at radius 2 is 1.92 bits per heavy atom. The number of hydrogen-bond acceptors (Lipinski definition) is 3. The maximum atomic E-state index is 11.4. The van der Waals surface area contributed by atoms with Gasteiger partial charge in [-0.25, -0.2) is 8.42 Å². The normalized spacial score (nSPS) is 12.2. The molecule has 0 aromatic rings. The highest BCUT2D eigenvalue weighted by Gasteiger charge is 2.23. The van der Waals surface area contributed by atoms with Gasteiger partial charge in [0.25, 0.3) is 0 Å². The number of nitrogens with one attached hydrogen (secondary N) is 1. The quantitative estimate of drug-likeness (QED) is 0.671. The van der Waals surface area contributed by atoms with E-state index in [2.05, 4.69) is 5.32 Å². The van der Waals surface area contributed by atoms with E-state index in [-0.39, 0.29) is 12.5 Å². The molecule has 13 heavy (non-hydrogen) atoms. The maximum Gasteiger partial charge on any atom is 0.235 e. The van der Waals surface area contributed by atoms with Gasteiger partial charge in [0.1, 0.15) is 0 Å². The Bertz CT molecular complexity index is 271. The number of rotatable bonds is 4. The van der Waals surface area contributed by atoms with Gasteiger partial charge in [-0.05, 0) is 13.8 Å². The van der Waals surface area contributed by atoms with Crippen molar-refractivity contribution in [1.82, 2.24) is 9.62 Å². The molecule has 0 unspecified atom stereocenters. The first-order valence-corrected chi connectivity index (χ1v) is 5.48. The lowest BCUT2D eigenvalue weighted by atomic mass is 10.6. The third kappa shape index (κ3) is 3.31. The summed E-state index contributed by atoms with van der Waals surface area (Å²) in [4.78, 5) is 10.9. The number of amides is 1. The molecule has 0 heterocycles. The molecule has 0 rings (SSSR count). The van der Waals surface area contributed by atoms with Crippen LogP contribution in [0.25, 0.3) is 0 Å². The van der Waals surface area contributed by atoms with Crippen LogP contribution in [0, 0.1) is 0 Å². The standard InChI is InChI=1S/C7H16N2O3S/c1-6(2)13(11,12)9(4)5-7(10)8-3/h6H,5H2,1-4H3,(H,8,10). The highest BCUT2D eigenvalue weighted by molar-refractivity contribution is 7.89. The lowest BCUT2D eigenvalue weighted by Gasteiger charge is -2.18. The van der Waals surface area contributed by atoms with Gasteiger partial charge in [-0.15, -0.1) is 0 Å². The number of likely N-dealkylation sites (N-methyl/N-ethyl adjacent to an activating group) is 2. The molecule has 0 atom stereocenters. The van der Waals surface area contributed by atoms with Crippen LogP contribution >= 0.6 is 0 Å². The fourth-order valence-electron chi connectivity index (χ4n) is 0.731. The Hall–Kier alpha value is -0.620. The van der Waals surface area contributed by atoms with Crippen LogP contribution in [-0.2, 0) is 14.8 Å². The fraction of sp³-hybridized carbons (Fsp3) is 0.857. The number of nitrogens with zero attached hydrogens (tertiary/aromatic N) is 1. The average Bonchev–Trinajstić information content (AvgIpc) is 2.03. The highest BCUT2D eigenvalue weighted by Crippen LogP contribution is 2.04. The summed E-state index contributed by atoms with van der Waals surface area (Å²) in [6.45, 7) is 3.03. The molecule has 1 N–H and O–H groups in total. The van der Waals surface area contributed by atoms with E-state index >= 15 is 0 Å². The second-order valence-corrected chi connectivity index (χ2v) is 5.62. The van der Waals surface area contributed by atoms with E-state index in [4.69, 9.17) is 0 Å². The van der Waals surface area contributed by atoms with E-state index in [1.54, 1.807) is 13.8 Å². The summed E-state index contributed by atoms with van der Waals surface area (Å²) in [6.07, 6.45) is 0. The molecule has 1 amide bonds. The zero-order valence-electron chi connectivity index (χ0n) is 8.36. The van der Waals surface area contributed by atoms with Gasteiger partial charge >= 0.3 is 0 Å². The van der Waals surface area contributed by atoms with Gasteiger partial charge in [-0.3, -0.25) is 4.79 Å². The summed E-state index contributed by atoms with van der Waals surface area (Å²) in [5.41, 5.74) is 0. The molecule has 0 fully saturated rings. The lowest BCUT2D eigenvalue weighted by Crippen LogP contribution is -2.40. The van der Waals surface area contributed by atoms with Crippen LogP contribution < -0.4 is 5.32 Å². The topological polar surface area (TPSA) is 66.5 Å². The fourth-order valence-corrected chi connectivity index (χ4v) is 1.75. The van der Waals surface area contributed by atoms with Gasteiger partial charge in [0.15, 0.2) is 0 Å². The third-order valence-corrected chi connectivity index (χ3v) is 3.86. The van der Waals surface area contributed by atoms with E-state index in [1.807, 2.05) is 0 Å². The Morgan fingerprint density at radius 1 is 1.46 bits per heavy atom. The Kier molecular flexibility index (Phi) is 4.35. The monoisotopic (exact) mass is 208 g/mol. The van der Waals surface area contributed by atoms with E-state index < -0.39 is 15.3 Å². The van der Waals surface area contributed by atoms with E-state index in [9.17, 15) is 13.2 Å². The van der Waals surface area contributed by atoms with E-state index in [0.717, 1.165) is 4.31 Å². The van der Waals surface area contributed by atoms with Crippen LogP contribution in [0.4, 0.5) is 0 Å². The summed E-state index contributed by atoms with van der Waals surface area (Å²) >= 11 is 0. The molecule has 5 nitrogen and oxygen atoms in total. The van der Waals surface area contributed by atoms with Crippen molar-refractivity contribution in [2.24, 2.45) is 0 Å². The van der Waals surface area contributed by atoms with Crippen molar-refractivity contribution in [3.63, 3.8) is 0 Å². The number of hydrogen-bond donors (Lipinski definition) is 1. The molecule has 0 aliphatic rings. The summed E-state index contributed by atoms with van der Waals surface area (Å²) in [5.74, 6) is -0.313. The first-order valence-electron chi connectivity index (χ1n) is 3.98. The van der Waals surface area contributed by atoms with Crippen LogP contribution in [0.5, 0.6) is 0 Å². The van der Waals surface area contributed by atoms with E-state index in [0.29, 0.717) is 0 Å². The summed E-state index contributed by atoms with van der Waals surface area (Å²) in [6, 6.07) is 0. The second-order valence-electron chi connectivity index (χ2n) is 3.02. The molecule has 0 bridgehead atoms. The molecule has 0 spiro atoms. The van der Waals surface area contributed by atoms with Crippen LogP contribution in [0.2, 0.25) is 0 Å². The molecule has 0 aliphatic heterocycles. The molecular formula is C7H16N2O3S. The van der Waals surface area contributed by atoms with E-state index in [1.165, 1.54) is 14.1 Å². The van der Waals surface area contributed by atoms with Crippen LogP contribution in [-0.4, -0.2) is 44.5 Å². The molecule has 0 aliphatic carbocycles. The predicted octanol–water partition coefficient (Wildman–Crippen LogP) is -0.598. The number of sulfonamides is 1. The van der Waals surface area contributed by atoms with Crippen molar-refractivity contribution in [3.05, 3.63) is 0 Å². The Morgan fingerprint density at radius 3 is 2.23 bits per heavy atom. The maximum absolute atomic E-state index is 11.4. The van der Waals surface area contributed by atoms with Gasteiger partial charge in [-0.2, -0.15) is 4.31 Å². The third-order valence-electron chi connectivity index (χ3n) is 1.68.